The standard InChI is InChI=1S/C28H32N4O4/c1-27(2,3)36-26(34)31-18-28(17-29,19-31)32-14-12-30(13-15-32)25(33)35-16-24-22-10-6-4-8-20(22)21-9-5-7-11-23(21)24/h4-11,24H,12-16,18-19H2,1-3H3. The van der Waals surface area contributed by atoms with Crippen molar-refractivity contribution in [2.45, 2.75) is 37.8 Å². The Bertz CT molecular complexity index is 1160. The molecule has 2 aromatic carbocycles. The molecule has 2 amide bonds. The molecule has 0 N–H and O–H groups in total. The molecule has 1 aliphatic carbocycles. The van der Waals surface area contributed by atoms with Gasteiger partial charge in [0.2, 0.25) is 0 Å². The van der Waals surface area contributed by atoms with Gasteiger partial charge in [-0.1, -0.05) is 48.5 Å². The molecule has 2 saturated heterocycles. The zero-order valence-electron chi connectivity index (χ0n) is 21.1. The Balaban J connectivity index is 1.15. The van der Waals surface area contributed by atoms with Gasteiger partial charge in [0.05, 0.1) is 19.2 Å². The normalized spacial score (nSPS) is 19.1. The van der Waals surface area contributed by atoms with E-state index < -0.39 is 17.2 Å². The number of likely N-dealkylation sites (tertiary alicyclic amines) is 1. The van der Waals surface area contributed by atoms with Gasteiger partial charge in [-0.05, 0) is 43.0 Å². The highest BCUT2D eigenvalue weighted by atomic mass is 16.6. The van der Waals surface area contributed by atoms with E-state index in [-0.39, 0.29) is 12.0 Å². The molecular weight excluding hydrogens is 456 g/mol. The minimum atomic E-state index is -0.732. The van der Waals surface area contributed by atoms with Crippen molar-refractivity contribution in [3.8, 4) is 17.2 Å². The zero-order chi connectivity index (χ0) is 25.5. The summed E-state index contributed by atoms with van der Waals surface area (Å²) in [6.07, 6.45) is -0.725. The first-order chi connectivity index (χ1) is 17.2. The van der Waals surface area contributed by atoms with Gasteiger partial charge >= 0.3 is 12.2 Å². The lowest BCUT2D eigenvalue weighted by atomic mass is 9.89. The number of fused-ring (bicyclic) bond motifs is 3. The predicted molar refractivity (Wildman–Crippen MR) is 134 cm³/mol. The van der Waals surface area contributed by atoms with Crippen LogP contribution in [0.2, 0.25) is 0 Å². The molecule has 0 saturated carbocycles. The van der Waals surface area contributed by atoms with Gasteiger partial charge in [0.15, 0.2) is 0 Å². The average Bonchev–Trinajstić information content (AvgIpc) is 3.15. The summed E-state index contributed by atoms with van der Waals surface area (Å²) in [6, 6.07) is 19.0. The van der Waals surface area contributed by atoms with Crippen molar-refractivity contribution in [1.82, 2.24) is 14.7 Å². The van der Waals surface area contributed by atoms with Crippen LogP contribution in [0.4, 0.5) is 9.59 Å². The van der Waals surface area contributed by atoms with Crippen LogP contribution in [0, 0.1) is 11.3 Å². The molecule has 8 heteroatoms. The van der Waals surface area contributed by atoms with Crippen LogP contribution in [0.1, 0.15) is 37.8 Å². The second-order valence-electron chi connectivity index (χ2n) is 10.8. The lowest BCUT2D eigenvalue weighted by molar-refractivity contribution is -0.0510. The monoisotopic (exact) mass is 488 g/mol. The number of ether oxygens (including phenoxy) is 2. The van der Waals surface area contributed by atoms with E-state index in [0.717, 1.165) is 0 Å². The Morgan fingerprint density at radius 1 is 0.917 bits per heavy atom. The average molecular weight is 489 g/mol. The number of carbonyl (C=O) groups excluding carboxylic acids is 2. The molecule has 2 aromatic rings. The van der Waals surface area contributed by atoms with Crippen LogP contribution in [0.25, 0.3) is 11.1 Å². The van der Waals surface area contributed by atoms with Crippen LogP contribution in [0.5, 0.6) is 0 Å². The number of carbonyl (C=O) groups is 2. The summed E-state index contributed by atoms with van der Waals surface area (Å²) in [4.78, 5) is 30.6. The number of hydrogen-bond acceptors (Lipinski definition) is 6. The maximum Gasteiger partial charge on any atom is 0.410 e. The molecule has 36 heavy (non-hydrogen) atoms. The molecule has 0 aromatic heterocycles. The molecule has 3 aliphatic rings. The van der Waals surface area contributed by atoms with E-state index in [9.17, 15) is 14.9 Å². The minimum absolute atomic E-state index is 0.0262. The summed E-state index contributed by atoms with van der Waals surface area (Å²) < 4.78 is 11.2. The van der Waals surface area contributed by atoms with Crippen molar-refractivity contribution in [3.63, 3.8) is 0 Å². The minimum Gasteiger partial charge on any atom is -0.448 e. The maximum atomic E-state index is 12.9. The van der Waals surface area contributed by atoms with Gasteiger partial charge in [0, 0.05) is 32.1 Å². The van der Waals surface area contributed by atoms with E-state index in [1.54, 1.807) is 9.80 Å². The van der Waals surface area contributed by atoms with Gasteiger partial charge in [-0.3, -0.25) is 4.90 Å². The third-order valence-electron chi connectivity index (χ3n) is 7.24. The van der Waals surface area contributed by atoms with E-state index >= 15 is 0 Å². The Morgan fingerprint density at radius 2 is 1.47 bits per heavy atom. The predicted octanol–water partition coefficient (Wildman–Crippen LogP) is 4.07. The van der Waals surface area contributed by atoms with Crippen LogP contribution < -0.4 is 0 Å². The van der Waals surface area contributed by atoms with E-state index in [0.29, 0.717) is 45.9 Å². The lowest BCUT2D eigenvalue weighted by Gasteiger charge is -2.53. The highest BCUT2D eigenvalue weighted by molar-refractivity contribution is 5.79. The number of rotatable bonds is 3. The van der Waals surface area contributed by atoms with Crippen LogP contribution in [0.15, 0.2) is 48.5 Å². The van der Waals surface area contributed by atoms with Crippen molar-refractivity contribution in [1.29, 1.82) is 5.26 Å². The van der Waals surface area contributed by atoms with E-state index in [1.807, 2.05) is 45.0 Å². The molecule has 0 spiro atoms. The molecule has 0 radical (unpaired) electrons. The van der Waals surface area contributed by atoms with Gasteiger partial charge in [-0.25, -0.2) is 9.59 Å². The summed E-state index contributed by atoms with van der Waals surface area (Å²) in [7, 11) is 0. The Morgan fingerprint density at radius 3 is 2.00 bits per heavy atom. The molecule has 2 heterocycles. The van der Waals surface area contributed by atoms with Crippen LogP contribution in [-0.4, -0.2) is 83.9 Å². The highest BCUT2D eigenvalue weighted by Gasteiger charge is 2.52. The van der Waals surface area contributed by atoms with Crippen molar-refractivity contribution in [2.24, 2.45) is 0 Å². The van der Waals surface area contributed by atoms with E-state index in [2.05, 4.69) is 35.2 Å². The SMILES string of the molecule is CC(C)(C)OC(=O)N1CC(C#N)(N2CCN(C(=O)OCC3c4ccccc4-c4ccccc43)CC2)C1. The first-order valence-electron chi connectivity index (χ1n) is 12.4. The molecule has 0 atom stereocenters. The number of amides is 2. The molecule has 8 nitrogen and oxygen atoms in total. The second-order valence-corrected chi connectivity index (χ2v) is 10.8. The molecule has 2 fully saturated rings. The Kier molecular flexibility index (Phi) is 6.13. The van der Waals surface area contributed by atoms with E-state index in [1.165, 1.54) is 22.3 Å². The maximum absolute atomic E-state index is 12.9. The van der Waals surface area contributed by atoms with Crippen LogP contribution in [-0.2, 0) is 9.47 Å². The van der Waals surface area contributed by atoms with E-state index in [4.69, 9.17) is 9.47 Å². The fraction of sp³-hybridized carbons (Fsp3) is 0.464. The van der Waals surface area contributed by atoms with Crippen molar-refractivity contribution < 1.29 is 19.1 Å². The first kappa shape index (κ1) is 24.1. The van der Waals surface area contributed by atoms with Crippen molar-refractivity contribution in [3.05, 3.63) is 59.7 Å². The molecule has 0 unspecified atom stereocenters. The third-order valence-corrected chi connectivity index (χ3v) is 7.24. The molecule has 2 aliphatic heterocycles. The Hall–Kier alpha value is -3.57. The fourth-order valence-electron chi connectivity index (χ4n) is 5.38. The van der Waals surface area contributed by atoms with Crippen LogP contribution in [0.3, 0.4) is 0 Å². The summed E-state index contributed by atoms with van der Waals surface area (Å²) in [5.41, 5.74) is 3.47. The number of nitriles is 1. The molecule has 188 valence electrons. The molecule has 0 bridgehead atoms. The quantitative estimate of drug-likeness (QED) is 0.648. The van der Waals surface area contributed by atoms with Crippen molar-refractivity contribution in [2.75, 3.05) is 45.9 Å². The Labute approximate surface area is 212 Å². The second kappa shape index (κ2) is 9.14. The summed E-state index contributed by atoms with van der Waals surface area (Å²) in [5.74, 6) is 0.0262. The topological polar surface area (TPSA) is 86.1 Å². The lowest BCUT2D eigenvalue weighted by Crippen LogP contribution is -2.73. The smallest absolute Gasteiger partial charge is 0.410 e. The summed E-state index contributed by atoms with van der Waals surface area (Å²) in [6.45, 7) is 8.45. The van der Waals surface area contributed by atoms with Gasteiger partial charge in [-0.2, -0.15) is 5.26 Å². The molecule has 5 rings (SSSR count). The summed E-state index contributed by atoms with van der Waals surface area (Å²) >= 11 is 0. The highest BCUT2D eigenvalue weighted by Crippen LogP contribution is 2.44. The van der Waals surface area contributed by atoms with Crippen molar-refractivity contribution >= 4 is 12.2 Å². The number of hydrogen-bond donors (Lipinski definition) is 0. The van der Waals surface area contributed by atoms with Gasteiger partial charge in [0.25, 0.3) is 0 Å². The largest absolute Gasteiger partial charge is 0.448 e. The fourth-order valence-corrected chi connectivity index (χ4v) is 5.38. The third kappa shape index (κ3) is 4.40. The zero-order valence-corrected chi connectivity index (χ0v) is 21.1. The number of nitrogens with zero attached hydrogens (tertiary/aromatic N) is 4. The van der Waals surface area contributed by atoms with Gasteiger partial charge < -0.3 is 19.3 Å². The number of benzene rings is 2. The summed E-state index contributed by atoms with van der Waals surface area (Å²) in [5, 5.41) is 9.89. The number of piperazine rings is 1. The molecular formula is C28H32N4O4. The first-order valence-corrected chi connectivity index (χ1v) is 12.4. The van der Waals surface area contributed by atoms with Gasteiger partial charge in [-0.15, -0.1) is 0 Å². The van der Waals surface area contributed by atoms with Crippen LogP contribution >= 0.6 is 0 Å². The van der Waals surface area contributed by atoms with Gasteiger partial charge in [0.1, 0.15) is 17.7 Å².